The van der Waals surface area contributed by atoms with Gasteiger partial charge in [0.2, 0.25) is 0 Å². The SMILES string of the molecule is CCn1ccnc(NCC2CC2(C)C)c1=O. The lowest BCUT2D eigenvalue weighted by Crippen LogP contribution is -2.24. The van der Waals surface area contributed by atoms with E-state index in [9.17, 15) is 4.79 Å². The van der Waals surface area contributed by atoms with E-state index in [2.05, 4.69) is 24.1 Å². The molecule has 4 heteroatoms. The molecule has 1 unspecified atom stereocenters. The van der Waals surface area contributed by atoms with Gasteiger partial charge in [-0.1, -0.05) is 13.8 Å². The lowest BCUT2D eigenvalue weighted by atomic mass is 10.1. The van der Waals surface area contributed by atoms with Gasteiger partial charge in [-0.15, -0.1) is 0 Å². The summed E-state index contributed by atoms with van der Waals surface area (Å²) < 4.78 is 1.66. The third-order valence-electron chi connectivity index (χ3n) is 3.49. The van der Waals surface area contributed by atoms with E-state index in [1.165, 1.54) is 6.42 Å². The van der Waals surface area contributed by atoms with E-state index < -0.39 is 0 Å². The molecule has 1 aliphatic carbocycles. The third-order valence-corrected chi connectivity index (χ3v) is 3.49. The summed E-state index contributed by atoms with van der Waals surface area (Å²) in [5.74, 6) is 1.15. The maximum atomic E-state index is 11.8. The number of aromatic nitrogens is 2. The van der Waals surface area contributed by atoms with Crippen molar-refractivity contribution in [3.05, 3.63) is 22.7 Å². The minimum absolute atomic E-state index is 0.0246. The van der Waals surface area contributed by atoms with Crippen LogP contribution in [0.1, 0.15) is 27.2 Å². The van der Waals surface area contributed by atoms with Crippen molar-refractivity contribution < 1.29 is 0 Å². The molecule has 4 nitrogen and oxygen atoms in total. The minimum Gasteiger partial charge on any atom is -0.365 e. The van der Waals surface area contributed by atoms with Gasteiger partial charge in [0, 0.05) is 25.5 Å². The predicted octanol–water partition coefficient (Wildman–Crippen LogP) is 1.72. The highest BCUT2D eigenvalue weighted by molar-refractivity contribution is 5.31. The fourth-order valence-corrected chi connectivity index (χ4v) is 1.96. The molecule has 1 N–H and O–H groups in total. The quantitative estimate of drug-likeness (QED) is 0.842. The summed E-state index contributed by atoms with van der Waals surface area (Å²) in [5, 5.41) is 3.16. The van der Waals surface area contributed by atoms with Gasteiger partial charge in [-0.05, 0) is 24.7 Å². The molecule has 1 atom stereocenters. The summed E-state index contributed by atoms with van der Waals surface area (Å²) in [5.41, 5.74) is 0.411. The Balaban J connectivity index is 2.02. The molecule has 1 aromatic rings. The number of aryl methyl sites for hydroxylation is 1. The zero-order chi connectivity index (χ0) is 11.8. The first-order valence-electron chi connectivity index (χ1n) is 5.84. The Morgan fingerprint density at radius 3 is 2.88 bits per heavy atom. The fourth-order valence-electron chi connectivity index (χ4n) is 1.96. The molecule has 2 rings (SSSR count). The summed E-state index contributed by atoms with van der Waals surface area (Å²) in [7, 11) is 0. The van der Waals surface area contributed by atoms with Gasteiger partial charge in [0.25, 0.3) is 5.56 Å². The van der Waals surface area contributed by atoms with Crippen molar-refractivity contribution in [1.82, 2.24) is 9.55 Å². The van der Waals surface area contributed by atoms with Gasteiger partial charge in [-0.25, -0.2) is 4.98 Å². The van der Waals surface area contributed by atoms with Gasteiger partial charge in [0.15, 0.2) is 5.82 Å². The van der Waals surface area contributed by atoms with E-state index in [0.717, 1.165) is 6.54 Å². The van der Waals surface area contributed by atoms with Crippen LogP contribution in [0.5, 0.6) is 0 Å². The van der Waals surface area contributed by atoms with Crippen LogP contribution in [0.25, 0.3) is 0 Å². The molecule has 1 aromatic heterocycles. The fraction of sp³-hybridized carbons (Fsp3) is 0.667. The molecule has 88 valence electrons. The van der Waals surface area contributed by atoms with Crippen molar-refractivity contribution in [1.29, 1.82) is 0 Å². The van der Waals surface area contributed by atoms with Crippen molar-refractivity contribution in [2.45, 2.75) is 33.7 Å². The molecule has 0 radical (unpaired) electrons. The van der Waals surface area contributed by atoms with E-state index >= 15 is 0 Å². The zero-order valence-corrected chi connectivity index (χ0v) is 10.2. The molecule has 0 bridgehead atoms. The topological polar surface area (TPSA) is 46.9 Å². The largest absolute Gasteiger partial charge is 0.365 e. The molecule has 1 aliphatic rings. The van der Waals surface area contributed by atoms with Crippen LogP contribution in [0, 0.1) is 11.3 Å². The van der Waals surface area contributed by atoms with Gasteiger partial charge in [-0.2, -0.15) is 0 Å². The van der Waals surface area contributed by atoms with Gasteiger partial charge in [0.1, 0.15) is 0 Å². The molecule has 0 saturated heterocycles. The van der Waals surface area contributed by atoms with Crippen LogP contribution < -0.4 is 10.9 Å². The highest BCUT2D eigenvalue weighted by Crippen LogP contribution is 2.51. The number of hydrogen-bond acceptors (Lipinski definition) is 3. The smallest absolute Gasteiger partial charge is 0.293 e. The Morgan fingerprint density at radius 2 is 2.31 bits per heavy atom. The first-order valence-corrected chi connectivity index (χ1v) is 5.84. The van der Waals surface area contributed by atoms with Crippen LogP contribution in [0.4, 0.5) is 5.82 Å². The van der Waals surface area contributed by atoms with Crippen LogP contribution in [-0.2, 0) is 6.54 Å². The molecule has 0 spiro atoms. The lowest BCUT2D eigenvalue weighted by molar-refractivity contribution is 0.572. The molecule has 1 saturated carbocycles. The van der Waals surface area contributed by atoms with Crippen molar-refractivity contribution >= 4 is 5.82 Å². The number of anilines is 1. The monoisotopic (exact) mass is 221 g/mol. The molecule has 0 amide bonds. The van der Waals surface area contributed by atoms with Gasteiger partial charge >= 0.3 is 0 Å². The number of nitrogens with zero attached hydrogens (tertiary/aromatic N) is 2. The summed E-state index contributed by atoms with van der Waals surface area (Å²) in [6.45, 7) is 7.99. The van der Waals surface area contributed by atoms with Gasteiger partial charge in [0.05, 0.1) is 0 Å². The maximum Gasteiger partial charge on any atom is 0.293 e. The number of hydrogen-bond donors (Lipinski definition) is 1. The molecule has 0 aromatic carbocycles. The lowest BCUT2D eigenvalue weighted by Gasteiger charge is -2.08. The minimum atomic E-state index is -0.0246. The zero-order valence-electron chi connectivity index (χ0n) is 10.2. The van der Waals surface area contributed by atoms with Crippen molar-refractivity contribution in [3.63, 3.8) is 0 Å². The summed E-state index contributed by atoms with van der Waals surface area (Å²) in [6, 6.07) is 0. The second kappa shape index (κ2) is 3.92. The highest BCUT2D eigenvalue weighted by atomic mass is 16.1. The third kappa shape index (κ3) is 2.10. The van der Waals surface area contributed by atoms with E-state index in [1.54, 1.807) is 17.0 Å². The van der Waals surface area contributed by atoms with Crippen LogP contribution >= 0.6 is 0 Å². The summed E-state index contributed by atoms with van der Waals surface area (Å²) in [4.78, 5) is 15.9. The van der Waals surface area contributed by atoms with Gasteiger partial charge < -0.3 is 9.88 Å². The molecular weight excluding hydrogens is 202 g/mol. The summed E-state index contributed by atoms with van der Waals surface area (Å²) >= 11 is 0. The molecule has 1 heterocycles. The molecule has 16 heavy (non-hydrogen) atoms. The van der Waals surface area contributed by atoms with Crippen LogP contribution in [0.2, 0.25) is 0 Å². The summed E-state index contributed by atoms with van der Waals surface area (Å²) in [6.07, 6.45) is 4.62. The molecule has 1 fully saturated rings. The Morgan fingerprint density at radius 1 is 1.62 bits per heavy atom. The Hall–Kier alpha value is -1.32. The second-order valence-corrected chi connectivity index (χ2v) is 5.14. The number of nitrogens with one attached hydrogen (secondary N) is 1. The average Bonchev–Trinajstić information content (AvgIpc) is 2.85. The Kier molecular flexibility index (Phi) is 2.74. The first-order chi connectivity index (χ1) is 7.54. The second-order valence-electron chi connectivity index (χ2n) is 5.14. The Labute approximate surface area is 95.7 Å². The first kappa shape index (κ1) is 11.2. The molecular formula is C12H19N3O. The van der Waals surface area contributed by atoms with Crippen LogP contribution in [-0.4, -0.2) is 16.1 Å². The standard InChI is InChI=1S/C12H19N3O/c1-4-15-6-5-13-10(11(15)16)14-8-9-7-12(9,2)3/h5-6,9H,4,7-8H2,1-3H3,(H,13,14). The predicted molar refractivity (Wildman–Crippen MR) is 64.5 cm³/mol. The van der Waals surface area contributed by atoms with Crippen molar-refractivity contribution in [2.24, 2.45) is 11.3 Å². The Bertz CT molecular complexity index is 436. The molecule has 0 aliphatic heterocycles. The average molecular weight is 221 g/mol. The van der Waals surface area contributed by atoms with Crippen LogP contribution in [0.15, 0.2) is 17.2 Å². The van der Waals surface area contributed by atoms with E-state index in [0.29, 0.717) is 23.7 Å². The van der Waals surface area contributed by atoms with Gasteiger partial charge in [-0.3, -0.25) is 4.79 Å². The van der Waals surface area contributed by atoms with E-state index in [1.807, 2.05) is 6.92 Å². The normalized spacial score (nSPS) is 21.8. The van der Waals surface area contributed by atoms with Crippen molar-refractivity contribution in [3.8, 4) is 0 Å². The van der Waals surface area contributed by atoms with Crippen LogP contribution in [0.3, 0.4) is 0 Å². The van der Waals surface area contributed by atoms with E-state index in [4.69, 9.17) is 0 Å². The highest BCUT2D eigenvalue weighted by Gasteiger charge is 2.45. The number of rotatable bonds is 4. The maximum absolute atomic E-state index is 11.8. The van der Waals surface area contributed by atoms with Crippen molar-refractivity contribution in [2.75, 3.05) is 11.9 Å². The van der Waals surface area contributed by atoms with E-state index in [-0.39, 0.29) is 5.56 Å².